The average Bonchev–Trinajstić information content (AvgIpc) is 2.27. The highest BCUT2D eigenvalue weighted by molar-refractivity contribution is 5.85. The maximum atomic E-state index is 12.1. The van der Waals surface area contributed by atoms with Gasteiger partial charge in [0, 0.05) is 5.92 Å². The molecule has 1 aliphatic rings. The van der Waals surface area contributed by atoms with Crippen molar-refractivity contribution < 1.29 is 14.7 Å². The smallest absolute Gasteiger partial charge is 0.326 e. The number of nitrogens with one attached hydrogen (secondary N) is 1. The van der Waals surface area contributed by atoms with Crippen LogP contribution in [-0.2, 0) is 9.59 Å². The molecule has 104 valence electrons. The summed E-state index contributed by atoms with van der Waals surface area (Å²) in [5.41, 5.74) is 0. The number of rotatable bonds is 5. The second kappa shape index (κ2) is 6.76. The van der Waals surface area contributed by atoms with Crippen molar-refractivity contribution in [2.24, 2.45) is 17.8 Å². The van der Waals surface area contributed by atoms with E-state index in [4.69, 9.17) is 5.11 Å². The molecule has 1 saturated carbocycles. The normalized spacial score (nSPS) is 25.8. The van der Waals surface area contributed by atoms with E-state index in [1.807, 2.05) is 13.8 Å². The molecule has 1 rings (SSSR count). The molecule has 18 heavy (non-hydrogen) atoms. The van der Waals surface area contributed by atoms with Crippen molar-refractivity contribution in [2.45, 2.75) is 58.9 Å². The van der Waals surface area contributed by atoms with Crippen LogP contribution in [0.2, 0.25) is 0 Å². The molecule has 1 fully saturated rings. The minimum absolute atomic E-state index is 0.00670. The zero-order valence-electron chi connectivity index (χ0n) is 11.6. The standard InChI is InChI=1S/C14H25NO3/c1-9(2)8-12(14(17)18)15-13(16)11-7-5-4-6-10(11)3/h9-12H,4-8H2,1-3H3,(H,15,16)(H,17,18)/t10-,11+,12-/m0/s1. The lowest BCUT2D eigenvalue weighted by Gasteiger charge is -2.29. The van der Waals surface area contributed by atoms with Gasteiger partial charge < -0.3 is 10.4 Å². The van der Waals surface area contributed by atoms with E-state index in [2.05, 4.69) is 12.2 Å². The molecule has 0 bridgehead atoms. The largest absolute Gasteiger partial charge is 0.480 e. The van der Waals surface area contributed by atoms with Gasteiger partial charge in [0.25, 0.3) is 0 Å². The van der Waals surface area contributed by atoms with E-state index in [-0.39, 0.29) is 17.7 Å². The van der Waals surface area contributed by atoms with E-state index in [1.54, 1.807) is 0 Å². The number of amides is 1. The fourth-order valence-corrected chi connectivity index (χ4v) is 2.68. The fraction of sp³-hybridized carbons (Fsp3) is 0.857. The van der Waals surface area contributed by atoms with Crippen LogP contribution in [0.25, 0.3) is 0 Å². The number of carbonyl (C=O) groups is 2. The Bertz CT molecular complexity index is 301. The molecule has 4 nitrogen and oxygen atoms in total. The molecular formula is C14H25NO3. The minimum atomic E-state index is -0.930. The minimum Gasteiger partial charge on any atom is -0.480 e. The van der Waals surface area contributed by atoms with Crippen LogP contribution < -0.4 is 5.32 Å². The van der Waals surface area contributed by atoms with E-state index < -0.39 is 12.0 Å². The molecule has 0 aromatic carbocycles. The molecule has 0 aliphatic heterocycles. The Morgan fingerprint density at radius 1 is 1.28 bits per heavy atom. The molecule has 0 unspecified atom stereocenters. The lowest BCUT2D eigenvalue weighted by Crippen LogP contribution is -2.46. The van der Waals surface area contributed by atoms with Gasteiger partial charge in [0.15, 0.2) is 0 Å². The van der Waals surface area contributed by atoms with Gasteiger partial charge in [-0.3, -0.25) is 4.79 Å². The summed E-state index contributed by atoms with van der Waals surface area (Å²) in [6.07, 6.45) is 4.70. The van der Waals surface area contributed by atoms with Crippen LogP contribution in [0.1, 0.15) is 52.9 Å². The van der Waals surface area contributed by atoms with Crippen molar-refractivity contribution in [3.63, 3.8) is 0 Å². The summed E-state index contributed by atoms with van der Waals surface area (Å²) in [5.74, 6) is -0.383. The predicted molar refractivity (Wildman–Crippen MR) is 70.1 cm³/mol. The van der Waals surface area contributed by atoms with Gasteiger partial charge in [-0.15, -0.1) is 0 Å². The first kappa shape index (κ1) is 15.0. The molecule has 1 aliphatic carbocycles. The average molecular weight is 255 g/mol. The summed E-state index contributed by atoms with van der Waals surface area (Å²) in [6, 6.07) is -0.744. The molecule has 3 atom stereocenters. The van der Waals surface area contributed by atoms with Gasteiger partial charge in [-0.25, -0.2) is 4.79 Å². The summed E-state index contributed by atoms with van der Waals surface area (Å²) in [4.78, 5) is 23.3. The maximum Gasteiger partial charge on any atom is 0.326 e. The highest BCUT2D eigenvalue weighted by Gasteiger charge is 2.30. The maximum absolute atomic E-state index is 12.1. The molecule has 1 amide bonds. The van der Waals surface area contributed by atoms with Gasteiger partial charge in [0.2, 0.25) is 5.91 Å². The van der Waals surface area contributed by atoms with E-state index >= 15 is 0 Å². The third kappa shape index (κ3) is 4.31. The first-order valence-corrected chi connectivity index (χ1v) is 6.95. The Labute approximate surface area is 109 Å². The Morgan fingerprint density at radius 2 is 1.89 bits per heavy atom. The molecule has 0 spiro atoms. The first-order chi connectivity index (χ1) is 8.41. The van der Waals surface area contributed by atoms with Gasteiger partial charge in [-0.1, -0.05) is 33.6 Å². The van der Waals surface area contributed by atoms with Crippen LogP contribution in [0.15, 0.2) is 0 Å². The van der Waals surface area contributed by atoms with Crippen LogP contribution >= 0.6 is 0 Å². The van der Waals surface area contributed by atoms with E-state index in [9.17, 15) is 9.59 Å². The van der Waals surface area contributed by atoms with E-state index in [1.165, 1.54) is 6.42 Å². The van der Waals surface area contributed by atoms with E-state index in [0.29, 0.717) is 12.3 Å². The summed E-state index contributed by atoms with van der Waals surface area (Å²) in [7, 11) is 0. The molecule has 2 N–H and O–H groups in total. The van der Waals surface area contributed by atoms with Crippen LogP contribution in [0.3, 0.4) is 0 Å². The Morgan fingerprint density at radius 3 is 2.39 bits per heavy atom. The Balaban J connectivity index is 2.57. The molecule has 0 aromatic rings. The van der Waals surface area contributed by atoms with Crippen molar-refractivity contribution in [2.75, 3.05) is 0 Å². The number of aliphatic carboxylic acids is 1. The SMILES string of the molecule is CC(C)C[C@H](NC(=O)[C@@H]1CCCC[C@@H]1C)C(=O)O. The third-order valence-electron chi connectivity index (χ3n) is 3.77. The van der Waals surface area contributed by atoms with Crippen molar-refractivity contribution in [3.8, 4) is 0 Å². The third-order valence-corrected chi connectivity index (χ3v) is 3.77. The highest BCUT2D eigenvalue weighted by Crippen LogP contribution is 2.29. The number of hydrogen-bond donors (Lipinski definition) is 2. The predicted octanol–water partition coefficient (Wildman–Crippen LogP) is 2.43. The summed E-state index contributed by atoms with van der Waals surface area (Å²) < 4.78 is 0. The molecular weight excluding hydrogens is 230 g/mol. The second-order valence-electron chi connectivity index (χ2n) is 5.90. The molecule has 0 radical (unpaired) electrons. The van der Waals surface area contributed by atoms with Crippen LogP contribution in [-0.4, -0.2) is 23.0 Å². The van der Waals surface area contributed by atoms with Crippen molar-refractivity contribution in [1.29, 1.82) is 0 Å². The Kier molecular flexibility index (Phi) is 5.63. The second-order valence-corrected chi connectivity index (χ2v) is 5.90. The Hall–Kier alpha value is -1.06. The lowest BCUT2D eigenvalue weighted by atomic mass is 9.80. The monoisotopic (exact) mass is 255 g/mol. The topological polar surface area (TPSA) is 66.4 Å². The summed E-state index contributed by atoms with van der Waals surface area (Å²) >= 11 is 0. The van der Waals surface area contributed by atoms with E-state index in [0.717, 1.165) is 19.3 Å². The van der Waals surface area contributed by atoms with Crippen LogP contribution in [0.4, 0.5) is 0 Å². The molecule has 0 heterocycles. The highest BCUT2D eigenvalue weighted by atomic mass is 16.4. The number of hydrogen-bond acceptors (Lipinski definition) is 2. The van der Waals surface area contributed by atoms with Gasteiger partial charge in [-0.05, 0) is 31.1 Å². The number of carboxylic acids is 1. The summed E-state index contributed by atoms with van der Waals surface area (Å²) in [6.45, 7) is 6.01. The van der Waals surface area contributed by atoms with Gasteiger partial charge in [0.05, 0.1) is 0 Å². The summed E-state index contributed by atoms with van der Waals surface area (Å²) in [5, 5.41) is 11.8. The molecule has 4 heteroatoms. The van der Waals surface area contributed by atoms with Crippen molar-refractivity contribution >= 4 is 11.9 Å². The van der Waals surface area contributed by atoms with Gasteiger partial charge in [-0.2, -0.15) is 0 Å². The van der Waals surface area contributed by atoms with Crippen LogP contribution in [0, 0.1) is 17.8 Å². The van der Waals surface area contributed by atoms with Crippen molar-refractivity contribution in [1.82, 2.24) is 5.32 Å². The molecule has 0 saturated heterocycles. The number of carboxylic acid groups (broad SMARTS) is 1. The quantitative estimate of drug-likeness (QED) is 0.793. The molecule has 0 aromatic heterocycles. The van der Waals surface area contributed by atoms with Crippen LogP contribution in [0.5, 0.6) is 0 Å². The van der Waals surface area contributed by atoms with Crippen molar-refractivity contribution in [3.05, 3.63) is 0 Å². The fourth-order valence-electron chi connectivity index (χ4n) is 2.68. The first-order valence-electron chi connectivity index (χ1n) is 6.95. The lowest BCUT2D eigenvalue weighted by molar-refractivity contribution is -0.143. The van der Waals surface area contributed by atoms with Gasteiger partial charge >= 0.3 is 5.97 Å². The zero-order chi connectivity index (χ0) is 13.7. The number of carbonyl (C=O) groups excluding carboxylic acids is 1. The zero-order valence-corrected chi connectivity index (χ0v) is 11.6. The van der Waals surface area contributed by atoms with Gasteiger partial charge in [0.1, 0.15) is 6.04 Å².